The lowest BCUT2D eigenvalue weighted by molar-refractivity contribution is -0.136. The van der Waals surface area contributed by atoms with Crippen molar-refractivity contribution < 1.29 is 23.5 Å². The molecule has 1 aliphatic carbocycles. The lowest BCUT2D eigenvalue weighted by atomic mass is 9.76. The highest BCUT2D eigenvalue weighted by atomic mass is 19.1. The van der Waals surface area contributed by atoms with Crippen LogP contribution in [0.1, 0.15) is 46.3 Å². The van der Waals surface area contributed by atoms with Crippen molar-refractivity contribution in [1.82, 2.24) is 5.32 Å². The highest BCUT2D eigenvalue weighted by Crippen LogP contribution is 2.50. The number of amides is 1. The summed E-state index contributed by atoms with van der Waals surface area (Å²) in [7, 11) is 0. The molecule has 0 fully saturated rings. The van der Waals surface area contributed by atoms with Crippen molar-refractivity contribution in [3.8, 4) is 0 Å². The van der Waals surface area contributed by atoms with Gasteiger partial charge >= 0.3 is 5.97 Å². The molecule has 0 saturated carbocycles. The van der Waals surface area contributed by atoms with E-state index < -0.39 is 17.6 Å². The van der Waals surface area contributed by atoms with E-state index in [1.165, 1.54) is 12.1 Å². The van der Waals surface area contributed by atoms with Gasteiger partial charge < -0.3 is 15.7 Å². The molecule has 7 heteroatoms. The summed E-state index contributed by atoms with van der Waals surface area (Å²) in [6, 6.07) is 8.55. The van der Waals surface area contributed by atoms with Crippen molar-refractivity contribution in [2.75, 3.05) is 11.9 Å². The van der Waals surface area contributed by atoms with Crippen molar-refractivity contribution in [3.63, 3.8) is 0 Å². The number of nitrogens with one attached hydrogen (secondary N) is 2. The molecule has 4 rings (SSSR count). The number of halogens is 2. The van der Waals surface area contributed by atoms with Crippen LogP contribution in [0.25, 0.3) is 0 Å². The number of benzene rings is 2. The molecule has 2 aromatic rings. The van der Waals surface area contributed by atoms with Gasteiger partial charge in [-0.1, -0.05) is 18.2 Å². The molecule has 1 heterocycles. The molecule has 1 aliphatic heterocycles. The fourth-order valence-electron chi connectivity index (χ4n) is 4.18. The van der Waals surface area contributed by atoms with Crippen LogP contribution in [0.3, 0.4) is 0 Å². The molecule has 0 spiro atoms. The number of hydrogen-bond donors (Lipinski definition) is 3. The lowest BCUT2D eigenvalue weighted by Gasteiger charge is -2.37. The van der Waals surface area contributed by atoms with Crippen molar-refractivity contribution in [2.24, 2.45) is 5.92 Å². The van der Waals surface area contributed by atoms with E-state index in [1.807, 2.05) is 6.08 Å². The Labute approximate surface area is 166 Å². The predicted octanol–water partition coefficient (Wildman–Crippen LogP) is 4.00. The maximum absolute atomic E-state index is 14.4. The molecule has 0 unspecified atom stereocenters. The molecule has 3 N–H and O–H groups in total. The number of allylic oxidation sites excluding steroid dienone is 2. The maximum atomic E-state index is 14.4. The average Bonchev–Trinajstić information content (AvgIpc) is 3.17. The summed E-state index contributed by atoms with van der Waals surface area (Å²) in [6.07, 6.45) is 4.70. The molecule has 0 radical (unpaired) electrons. The largest absolute Gasteiger partial charge is 0.481 e. The molecule has 2 aromatic carbocycles. The van der Waals surface area contributed by atoms with Crippen LogP contribution in [0.15, 0.2) is 48.6 Å². The standard InChI is InChI=1S/C22H20F2N2O3/c23-13-5-6-16(18(24)11-13)21-15-3-1-2-14(15)17-10-12(4-7-19(17)26-21)22(29)25-9-8-20(27)28/h1-2,4-7,10-11,14-15,21,26H,3,8-9H2,(H,25,29)(H,27,28)/t14-,15-,21+/m0/s1. The minimum atomic E-state index is -0.974. The number of hydrogen-bond acceptors (Lipinski definition) is 3. The van der Waals surface area contributed by atoms with E-state index in [4.69, 9.17) is 5.11 Å². The molecule has 0 saturated heterocycles. The molecular weight excluding hydrogens is 378 g/mol. The molecular formula is C22H20F2N2O3. The summed E-state index contributed by atoms with van der Waals surface area (Å²) < 4.78 is 27.7. The van der Waals surface area contributed by atoms with Gasteiger partial charge in [0.25, 0.3) is 5.91 Å². The molecule has 0 aromatic heterocycles. The summed E-state index contributed by atoms with van der Waals surface area (Å²) in [6.45, 7) is 0.0569. The van der Waals surface area contributed by atoms with Gasteiger partial charge in [0, 0.05) is 35.3 Å². The zero-order valence-corrected chi connectivity index (χ0v) is 15.5. The highest BCUT2D eigenvalue weighted by Gasteiger charge is 2.39. The van der Waals surface area contributed by atoms with E-state index in [9.17, 15) is 18.4 Å². The summed E-state index contributed by atoms with van der Waals surface area (Å²) >= 11 is 0. The van der Waals surface area contributed by atoms with Gasteiger partial charge in [-0.05, 0) is 42.2 Å². The molecule has 2 aliphatic rings. The van der Waals surface area contributed by atoms with Gasteiger partial charge in [-0.15, -0.1) is 0 Å². The first-order chi connectivity index (χ1) is 13.9. The third-order valence-corrected chi connectivity index (χ3v) is 5.55. The van der Waals surface area contributed by atoms with E-state index in [0.717, 1.165) is 23.7 Å². The van der Waals surface area contributed by atoms with E-state index in [1.54, 1.807) is 18.2 Å². The number of carbonyl (C=O) groups excluding carboxylic acids is 1. The summed E-state index contributed by atoms with van der Waals surface area (Å²) in [5, 5.41) is 14.7. The van der Waals surface area contributed by atoms with E-state index >= 15 is 0 Å². The number of anilines is 1. The lowest BCUT2D eigenvalue weighted by Crippen LogP contribution is -2.31. The van der Waals surface area contributed by atoms with Crippen molar-refractivity contribution in [1.29, 1.82) is 0 Å². The van der Waals surface area contributed by atoms with Gasteiger partial charge in [0.05, 0.1) is 12.5 Å². The Morgan fingerprint density at radius 2 is 1.97 bits per heavy atom. The normalized spacial score (nSPS) is 21.8. The second-order valence-electron chi connectivity index (χ2n) is 7.34. The topological polar surface area (TPSA) is 78.4 Å². The van der Waals surface area contributed by atoms with E-state index in [2.05, 4.69) is 16.7 Å². The third kappa shape index (κ3) is 3.72. The first kappa shape index (κ1) is 19.1. The maximum Gasteiger partial charge on any atom is 0.305 e. The Balaban J connectivity index is 1.61. The Kier molecular flexibility index (Phi) is 5.05. The zero-order valence-electron chi connectivity index (χ0n) is 15.5. The first-order valence-electron chi connectivity index (χ1n) is 9.46. The Bertz CT molecular complexity index is 1010. The molecule has 150 valence electrons. The second kappa shape index (κ2) is 7.66. The number of fused-ring (bicyclic) bond motifs is 3. The minimum absolute atomic E-state index is 0.00692. The highest BCUT2D eigenvalue weighted by molar-refractivity contribution is 5.95. The average molecular weight is 398 g/mol. The minimum Gasteiger partial charge on any atom is -0.481 e. The van der Waals surface area contributed by atoms with Crippen LogP contribution in [0.4, 0.5) is 14.5 Å². The SMILES string of the molecule is O=C(O)CCNC(=O)c1ccc2c(c1)[C@H]1C=CC[C@@H]1[C@H](c1ccc(F)cc1F)N2. The van der Waals surface area contributed by atoms with Crippen LogP contribution in [0.2, 0.25) is 0 Å². The van der Waals surface area contributed by atoms with Gasteiger partial charge in [-0.2, -0.15) is 0 Å². The smallest absolute Gasteiger partial charge is 0.305 e. The summed E-state index contributed by atoms with van der Waals surface area (Å²) in [5.74, 6) is -2.44. The van der Waals surface area contributed by atoms with Gasteiger partial charge in [0.1, 0.15) is 11.6 Å². The Morgan fingerprint density at radius 1 is 1.14 bits per heavy atom. The van der Waals surface area contributed by atoms with Crippen LogP contribution in [0.5, 0.6) is 0 Å². The number of aliphatic carboxylic acids is 1. The quantitative estimate of drug-likeness (QED) is 0.666. The monoisotopic (exact) mass is 398 g/mol. The van der Waals surface area contributed by atoms with Gasteiger partial charge in [-0.25, -0.2) is 8.78 Å². The van der Waals surface area contributed by atoms with Crippen LogP contribution in [0, 0.1) is 17.6 Å². The number of rotatable bonds is 5. The third-order valence-electron chi connectivity index (χ3n) is 5.55. The fourth-order valence-corrected chi connectivity index (χ4v) is 4.18. The number of carbonyl (C=O) groups is 2. The van der Waals surface area contributed by atoms with Crippen LogP contribution in [-0.2, 0) is 4.79 Å². The number of carboxylic acids is 1. The number of carboxylic acid groups (broad SMARTS) is 1. The van der Waals surface area contributed by atoms with Gasteiger partial charge in [0.15, 0.2) is 0 Å². The second-order valence-corrected chi connectivity index (χ2v) is 7.34. The Morgan fingerprint density at radius 3 is 2.72 bits per heavy atom. The van der Waals surface area contributed by atoms with E-state index in [0.29, 0.717) is 11.1 Å². The summed E-state index contributed by atoms with van der Waals surface area (Å²) in [4.78, 5) is 22.9. The zero-order chi connectivity index (χ0) is 20.5. The van der Waals surface area contributed by atoms with Crippen molar-refractivity contribution >= 4 is 17.6 Å². The predicted molar refractivity (Wildman–Crippen MR) is 104 cm³/mol. The molecule has 3 atom stereocenters. The van der Waals surface area contributed by atoms with Crippen LogP contribution < -0.4 is 10.6 Å². The van der Waals surface area contributed by atoms with Crippen molar-refractivity contribution in [2.45, 2.75) is 24.8 Å². The first-order valence-corrected chi connectivity index (χ1v) is 9.46. The van der Waals surface area contributed by atoms with Gasteiger partial charge in [0.2, 0.25) is 0 Å². The fraction of sp³-hybridized carbons (Fsp3) is 0.273. The van der Waals surface area contributed by atoms with Crippen LogP contribution >= 0.6 is 0 Å². The molecule has 29 heavy (non-hydrogen) atoms. The molecule has 5 nitrogen and oxygen atoms in total. The molecule has 1 amide bonds. The Hall–Kier alpha value is -3.22. The van der Waals surface area contributed by atoms with E-state index in [-0.39, 0.29) is 36.8 Å². The summed E-state index contributed by atoms with van der Waals surface area (Å²) in [5.41, 5.74) is 2.61. The van der Waals surface area contributed by atoms with Gasteiger partial charge in [-0.3, -0.25) is 9.59 Å². The molecule has 0 bridgehead atoms. The van der Waals surface area contributed by atoms with Crippen molar-refractivity contribution in [3.05, 3.63) is 76.9 Å². The van der Waals surface area contributed by atoms with Crippen LogP contribution in [-0.4, -0.2) is 23.5 Å².